The van der Waals surface area contributed by atoms with Crippen molar-refractivity contribution in [2.24, 2.45) is 0 Å². The number of hydrogen-bond donors (Lipinski definition) is 1. The number of rotatable bonds is 3. The Morgan fingerprint density at radius 1 is 1.17 bits per heavy atom. The average molecular weight is 508 g/mol. The number of aliphatic hydroxyl groups excluding tert-OH is 1. The summed E-state index contributed by atoms with van der Waals surface area (Å²) in [5.41, 5.74) is 2.21. The van der Waals surface area contributed by atoms with Crippen molar-refractivity contribution < 1.29 is 23.8 Å². The van der Waals surface area contributed by atoms with Crippen molar-refractivity contribution in [2.75, 3.05) is 11.5 Å². The van der Waals surface area contributed by atoms with Gasteiger partial charge < -0.3 is 9.84 Å². The van der Waals surface area contributed by atoms with Crippen LogP contribution >= 0.6 is 22.9 Å². The molecule has 10 heteroatoms. The van der Waals surface area contributed by atoms with Gasteiger partial charge in [-0.05, 0) is 53.6 Å². The van der Waals surface area contributed by atoms with Crippen LogP contribution in [0.25, 0.3) is 16.0 Å². The van der Waals surface area contributed by atoms with Crippen LogP contribution in [-0.2, 0) is 16.0 Å². The van der Waals surface area contributed by atoms with E-state index in [2.05, 4.69) is 9.97 Å². The Hall–Kier alpha value is -3.82. The number of Topliss-reactive ketones (excluding diaryl/α,β-unsaturated/α-hetero) is 1. The number of ketones is 1. The molecule has 0 aliphatic carbocycles. The van der Waals surface area contributed by atoms with E-state index in [0.29, 0.717) is 34.4 Å². The molecule has 2 aliphatic heterocycles. The van der Waals surface area contributed by atoms with Gasteiger partial charge in [-0.1, -0.05) is 22.9 Å². The first-order chi connectivity index (χ1) is 16.9. The monoisotopic (exact) mass is 507 g/mol. The first-order valence-corrected chi connectivity index (χ1v) is 11.8. The molecule has 0 radical (unpaired) electrons. The lowest BCUT2D eigenvalue weighted by Crippen LogP contribution is -2.29. The second kappa shape index (κ2) is 8.14. The standard InChI is InChI=1S/C25H15ClFN3O4S/c26-15-10-17-19(11-16(15)27)35-25(29-17)30-21(12-3-6-28-7-4-12)20(23(32)24(30)33)22(31)14-1-2-18-13(9-14)5-8-34-18/h1-4,6-7,9-11,21,31H,5,8H2/b22-20+. The number of halogens is 2. The third-order valence-corrected chi connectivity index (χ3v) is 7.36. The van der Waals surface area contributed by atoms with Gasteiger partial charge in [-0.15, -0.1) is 0 Å². The molecule has 7 nitrogen and oxygen atoms in total. The summed E-state index contributed by atoms with van der Waals surface area (Å²) in [6, 6.07) is 10.1. The highest BCUT2D eigenvalue weighted by Crippen LogP contribution is 2.45. The van der Waals surface area contributed by atoms with Gasteiger partial charge in [0.1, 0.15) is 17.3 Å². The van der Waals surface area contributed by atoms with Crippen LogP contribution < -0.4 is 9.64 Å². The number of benzene rings is 2. The van der Waals surface area contributed by atoms with E-state index in [-0.39, 0.29) is 21.5 Å². The van der Waals surface area contributed by atoms with Crippen molar-refractivity contribution in [1.29, 1.82) is 0 Å². The fourth-order valence-electron chi connectivity index (χ4n) is 4.39. The molecular weight excluding hydrogens is 493 g/mol. The van der Waals surface area contributed by atoms with Crippen LogP contribution in [0.1, 0.15) is 22.7 Å². The third-order valence-electron chi connectivity index (χ3n) is 6.05. The zero-order valence-electron chi connectivity index (χ0n) is 17.9. The summed E-state index contributed by atoms with van der Waals surface area (Å²) in [5, 5.41) is 11.4. The molecule has 1 N–H and O–H groups in total. The van der Waals surface area contributed by atoms with Gasteiger partial charge >= 0.3 is 5.91 Å². The van der Waals surface area contributed by atoms with Gasteiger partial charge in [-0.2, -0.15) is 0 Å². The number of ether oxygens (including phenoxy) is 1. The van der Waals surface area contributed by atoms with Crippen LogP contribution in [0.3, 0.4) is 0 Å². The lowest BCUT2D eigenvalue weighted by molar-refractivity contribution is -0.132. The van der Waals surface area contributed by atoms with Gasteiger partial charge in [0.05, 0.1) is 33.5 Å². The van der Waals surface area contributed by atoms with Crippen LogP contribution in [0.4, 0.5) is 9.52 Å². The summed E-state index contributed by atoms with van der Waals surface area (Å²) in [6.45, 7) is 0.545. The highest BCUT2D eigenvalue weighted by molar-refractivity contribution is 7.22. The van der Waals surface area contributed by atoms with Crippen molar-refractivity contribution in [3.8, 4) is 5.75 Å². The number of fused-ring (bicyclic) bond motifs is 2. The van der Waals surface area contributed by atoms with E-state index in [1.165, 1.54) is 29.4 Å². The first-order valence-electron chi connectivity index (χ1n) is 10.6. The Bertz CT molecular complexity index is 1530. The zero-order chi connectivity index (χ0) is 24.3. The van der Waals surface area contributed by atoms with Gasteiger partial charge in [-0.25, -0.2) is 9.37 Å². The topological polar surface area (TPSA) is 92.6 Å². The lowest BCUT2D eigenvalue weighted by Gasteiger charge is -2.22. The highest BCUT2D eigenvalue weighted by atomic mass is 35.5. The molecule has 0 saturated carbocycles. The Labute approximate surface area is 207 Å². The van der Waals surface area contributed by atoms with E-state index in [1.807, 2.05) is 0 Å². The summed E-state index contributed by atoms with van der Waals surface area (Å²) in [7, 11) is 0. The molecule has 1 saturated heterocycles. The van der Waals surface area contributed by atoms with Gasteiger partial charge in [0.25, 0.3) is 5.78 Å². The molecule has 4 aromatic rings. The maximum absolute atomic E-state index is 14.0. The van der Waals surface area contributed by atoms with Crippen molar-refractivity contribution in [1.82, 2.24) is 9.97 Å². The highest BCUT2D eigenvalue weighted by Gasteiger charge is 2.48. The largest absolute Gasteiger partial charge is 0.507 e. The van der Waals surface area contributed by atoms with Gasteiger partial charge in [-0.3, -0.25) is 19.5 Å². The number of thiazole rings is 1. The summed E-state index contributed by atoms with van der Waals surface area (Å²) < 4.78 is 20.0. The smallest absolute Gasteiger partial charge is 0.301 e. The van der Waals surface area contributed by atoms with Gasteiger partial charge in [0.15, 0.2) is 5.13 Å². The molecule has 1 atom stereocenters. The van der Waals surface area contributed by atoms with E-state index in [1.54, 1.807) is 30.3 Å². The minimum Gasteiger partial charge on any atom is -0.507 e. The van der Waals surface area contributed by atoms with Crippen LogP contribution in [0.5, 0.6) is 5.75 Å². The number of anilines is 1. The summed E-state index contributed by atoms with van der Waals surface area (Å²) in [5.74, 6) is -1.86. The average Bonchev–Trinajstić information content (AvgIpc) is 3.55. The zero-order valence-corrected chi connectivity index (χ0v) is 19.4. The molecule has 35 heavy (non-hydrogen) atoms. The van der Waals surface area contributed by atoms with Crippen LogP contribution in [0.15, 0.2) is 60.4 Å². The normalized spacial score (nSPS) is 18.8. The number of hydrogen-bond acceptors (Lipinski definition) is 7. The molecule has 0 spiro atoms. The summed E-state index contributed by atoms with van der Waals surface area (Å²) in [6.07, 6.45) is 3.76. The van der Waals surface area contributed by atoms with Crippen molar-refractivity contribution in [3.63, 3.8) is 0 Å². The minimum atomic E-state index is -0.955. The predicted octanol–water partition coefficient (Wildman–Crippen LogP) is 5.05. The fourth-order valence-corrected chi connectivity index (χ4v) is 5.55. The maximum Gasteiger partial charge on any atom is 0.301 e. The quantitative estimate of drug-likeness (QED) is 0.237. The predicted molar refractivity (Wildman–Crippen MR) is 129 cm³/mol. The van der Waals surface area contributed by atoms with E-state index < -0.39 is 23.5 Å². The maximum atomic E-state index is 14.0. The van der Waals surface area contributed by atoms with E-state index >= 15 is 0 Å². The van der Waals surface area contributed by atoms with Crippen LogP contribution in [0, 0.1) is 5.82 Å². The second-order valence-electron chi connectivity index (χ2n) is 8.10. The molecule has 4 heterocycles. The van der Waals surface area contributed by atoms with Crippen molar-refractivity contribution in [2.45, 2.75) is 12.5 Å². The van der Waals surface area contributed by atoms with Crippen LogP contribution in [0.2, 0.25) is 5.02 Å². The Morgan fingerprint density at radius 3 is 2.77 bits per heavy atom. The van der Waals surface area contributed by atoms with E-state index in [4.69, 9.17) is 16.3 Å². The number of amides is 1. The van der Waals surface area contributed by atoms with Gasteiger partial charge in [0.2, 0.25) is 0 Å². The summed E-state index contributed by atoms with van der Waals surface area (Å²) >= 11 is 6.96. The Balaban J connectivity index is 1.54. The second-order valence-corrected chi connectivity index (χ2v) is 9.52. The number of aromatic nitrogens is 2. The Kier molecular flexibility index (Phi) is 5.05. The molecule has 174 valence electrons. The number of carbonyl (C=O) groups is 2. The van der Waals surface area contributed by atoms with Crippen molar-refractivity contribution in [3.05, 3.63) is 88.0 Å². The molecule has 2 aromatic carbocycles. The molecule has 6 rings (SSSR count). The van der Waals surface area contributed by atoms with E-state index in [0.717, 1.165) is 22.6 Å². The number of nitrogens with zero attached hydrogens (tertiary/aromatic N) is 3. The molecule has 2 aliphatic rings. The minimum absolute atomic E-state index is 0.0662. The molecule has 0 bridgehead atoms. The van der Waals surface area contributed by atoms with E-state index in [9.17, 15) is 19.1 Å². The number of carbonyl (C=O) groups excluding carboxylic acids is 2. The first kappa shape index (κ1) is 21.7. The number of aliphatic hydroxyl groups is 1. The van der Waals surface area contributed by atoms with Crippen molar-refractivity contribution >= 4 is 55.7 Å². The van der Waals surface area contributed by atoms with Gasteiger partial charge in [0, 0.05) is 24.4 Å². The fraction of sp³-hybridized carbons (Fsp3) is 0.120. The SMILES string of the molecule is O=C1C(=O)N(c2nc3cc(Cl)c(F)cc3s2)C(c2ccncc2)/C1=C(\O)c1ccc2c(c1)CCO2. The molecular formula is C25H15ClFN3O4S. The molecule has 1 fully saturated rings. The summed E-state index contributed by atoms with van der Waals surface area (Å²) in [4.78, 5) is 36.3. The molecule has 2 aromatic heterocycles. The number of pyridine rings is 1. The molecule has 1 amide bonds. The Morgan fingerprint density at radius 2 is 1.97 bits per heavy atom. The van der Waals surface area contributed by atoms with Crippen LogP contribution in [-0.4, -0.2) is 33.4 Å². The third kappa shape index (κ3) is 3.46. The molecule has 1 unspecified atom stereocenters. The lowest BCUT2D eigenvalue weighted by atomic mass is 9.95.